The van der Waals surface area contributed by atoms with Crippen molar-refractivity contribution in [3.63, 3.8) is 0 Å². The predicted molar refractivity (Wildman–Crippen MR) is 126 cm³/mol. The third-order valence-electron chi connectivity index (χ3n) is 4.89. The summed E-state index contributed by atoms with van der Waals surface area (Å²) in [6, 6.07) is 16.6. The molecule has 10 heteroatoms. The van der Waals surface area contributed by atoms with E-state index in [1.54, 1.807) is 28.9 Å². The number of benzene rings is 2. The van der Waals surface area contributed by atoms with Crippen molar-refractivity contribution in [2.45, 2.75) is 5.16 Å². The lowest BCUT2D eigenvalue weighted by molar-refractivity contribution is -0.113. The Kier molecular flexibility index (Phi) is 6.55. The smallest absolute Gasteiger partial charge is 0.339 e. The lowest BCUT2D eigenvalue weighted by atomic mass is 10.1. The zero-order valence-electron chi connectivity index (χ0n) is 18.3. The number of esters is 1. The van der Waals surface area contributed by atoms with Crippen LogP contribution < -0.4 is 5.32 Å². The van der Waals surface area contributed by atoms with E-state index in [1.807, 2.05) is 55.2 Å². The van der Waals surface area contributed by atoms with Gasteiger partial charge in [0, 0.05) is 25.9 Å². The molecule has 4 rings (SSSR count). The van der Waals surface area contributed by atoms with Crippen LogP contribution in [0.25, 0.3) is 22.6 Å². The molecular formula is C23H22N6O3S. The number of nitrogens with zero attached hydrogens (tertiary/aromatic N) is 5. The second-order valence-corrected chi connectivity index (χ2v) is 8.11. The molecule has 0 radical (unpaired) electrons. The molecule has 4 aromatic rings. The molecule has 0 aliphatic carbocycles. The SMILES string of the molecule is COC(=O)c1ccccc1NC(=O)CSc1nnc(-c2cn(C)nc2-c2ccccc2)n1C. The van der Waals surface area contributed by atoms with Gasteiger partial charge in [-0.25, -0.2) is 4.79 Å². The van der Waals surface area contributed by atoms with Gasteiger partial charge in [-0.05, 0) is 12.1 Å². The second kappa shape index (κ2) is 9.70. The molecule has 1 N–H and O–H groups in total. The molecule has 0 bridgehead atoms. The van der Waals surface area contributed by atoms with Gasteiger partial charge in [0.15, 0.2) is 11.0 Å². The van der Waals surface area contributed by atoms with Crippen LogP contribution in [0.3, 0.4) is 0 Å². The average Bonchev–Trinajstić information content (AvgIpc) is 3.40. The minimum Gasteiger partial charge on any atom is -0.465 e. The Morgan fingerprint density at radius 2 is 1.76 bits per heavy atom. The lowest BCUT2D eigenvalue weighted by Gasteiger charge is -2.09. The highest BCUT2D eigenvalue weighted by Gasteiger charge is 2.20. The number of anilines is 1. The largest absolute Gasteiger partial charge is 0.465 e. The third-order valence-corrected chi connectivity index (χ3v) is 5.91. The van der Waals surface area contributed by atoms with Crippen molar-refractivity contribution in [3.05, 3.63) is 66.4 Å². The lowest BCUT2D eigenvalue weighted by Crippen LogP contribution is -2.17. The van der Waals surface area contributed by atoms with Gasteiger partial charge in [-0.2, -0.15) is 5.10 Å². The third kappa shape index (κ3) is 4.80. The van der Waals surface area contributed by atoms with Gasteiger partial charge in [0.2, 0.25) is 5.91 Å². The van der Waals surface area contributed by atoms with Gasteiger partial charge in [-0.3, -0.25) is 9.48 Å². The molecular weight excluding hydrogens is 440 g/mol. The highest BCUT2D eigenvalue weighted by atomic mass is 32.2. The van der Waals surface area contributed by atoms with Crippen molar-refractivity contribution in [1.29, 1.82) is 0 Å². The molecule has 0 unspecified atom stereocenters. The zero-order chi connectivity index (χ0) is 23.4. The maximum atomic E-state index is 12.5. The molecule has 0 atom stereocenters. The van der Waals surface area contributed by atoms with Crippen LogP contribution in [0.5, 0.6) is 0 Å². The molecule has 0 saturated carbocycles. The molecule has 0 spiro atoms. The van der Waals surface area contributed by atoms with Crippen molar-refractivity contribution in [2.75, 3.05) is 18.2 Å². The molecule has 0 aliphatic heterocycles. The van der Waals surface area contributed by atoms with E-state index in [4.69, 9.17) is 4.74 Å². The van der Waals surface area contributed by atoms with Gasteiger partial charge in [0.1, 0.15) is 5.69 Å². The summed E-state index contributed by atoms with van der Waals surface area (Å²) in [5, 5.41) is 16.5. The predicted octanol–water partition coefficient (Wildman–Crippen LogP) is 3.40. The van der Waals surface area contributed by atoms with Crippen LogP contribution in [-0.2, 0) is 23.6 Å². The first-order valence-electron chi connectivity index (χ1n) is 10.1. The van der Waals surface area contributed by atoms with E-state index in [0.29, 0.717) is 22.2 Å². The normalized spacial score (nSPS) is 10.8. The molecule has 9 nitrogen and oxygen atoms in total. The fourth-order valence-corrected chi connectivity index (χ4v) is 4.04. The van der Waals surface area contributed by atoms with E-state index in [-0.39, 0.29) is 11.7 Å². The van der Waals surface area contributed by atoms with Gasteiger partial charge in [0.05, 0.1) is 29.7 Å². The van der Waals surface area contributed by atoms with Gasteiger partial charge < -0.3 is 14.6 Å². The number of ether oxygens (including phenoxy) is 1. The van der Waals surface area contributed by atoms with Crippen molar-refractivity contribution >= 4 is 29.3 Å². The summed E-state index contributed by atoms with van der Waals surface area (Å²) in [6.45, 7) is 0. The number of aryl methyl sites for hydroxylation is 1. The molecule has 1 amide bonds. The summed E-state index contributed by atoms with van der Waals surface area (Å²) in [5.41, 5.74) is 3.33. The summed E-state index contributed by atoms with van der Waals surface area (Å²) in [6.07, 6.45) is 1.90. The van der Waals surface area contributed by atoms with E-state index < -0.39 is 5.97 Å². The second-order valence-electron chi connectivity index (χ2n) is 7.17. The molecule has 2 aromatic carbocycles. The molecule has 0 aliphatic rings. The van der Waals surface area contributed by atoms with Crippen molar-refractivity contribution in [3.8, 4) is 22.6 Å². The number of carbonyl (C=O) groups is 2. The Morgan fingerprint density at radius 1 is 1.03 bits per heavy atom. The Morgan fingerprint density at radius 3 is 2.52 bits per heavy atom. The van der Waals surface area contributed by atoms with Crippen molar-refractivity contribution in [1.82, 2.24) is 24.5 Å². The Labute approximate surface area is 194 Å². The van der Waals surface area contributed by atoms with Crippen molar-refractivity contribution < 1.29 is 14.3 Å². The maximum absolute atomic E-state index is 12.5. The fourth-order valence-electron chi connectivity index (χ4n) is 3.33. The zero-order valence-corrected chi connectivity index (χ0v) is 19.2. The highest BCUT2D eigenvalue weighted by Crippen LogP contribution is 2.31. The van der Waals surface area contributed by atoms with Crippen molar-refractivity contribution in [2.24, 2.45) is 14.1 Å². The molecule has 0 fully saturated rings. The Balaban J connectivity index is 1.49. The van der Waals surface area contributed by atoms with Gasteiger partial charge in [-0.1, -0.05) is 54.2 Å². The van der Waals surface area contributed by atoms with Gasteiger partial charge in [-0.15, -0.1) is 10.2 Å². The first-order valence-corrected chi connectivity index (χ1v) is 11.0. The number of para-hydroxylation sites is 1. The number of nitrogens with one attached hydrogen (secondary N) is 1. The van der Waals surface area contributed by atoms with Crippen LogP contribution in [0.1, 0.15) is 10.4 Å². The topological polar surface area (TPSA) is 104 Å². The van der Waals surface area contributed by atoms with Crippen LogP contribution in [0.15, 0.2) is 66.0 Å². The van der Waals surface area contributed by atoms with E-state index >= 15 is 0 Å². The number of carbonyl (C=O) groups excluding carboxylic acids is 2. The molecule has 2 heterocycles. The molecule has 33 heavy (non-hydrogen) atoms. The minimum atomic E-state index is -0.512. The first kappa shape index (κ1) is 22.3. The minimum absolute atomic E-state index is 0.0973. The summed E-state index contributed by atoms with van der Waals surface area (Å²) < 4.78 is 8.35. The number of hydrogen-bond donors (Lipinski definition) is 1. The van der Waals surface area contributed by atoms with Crippen LogP contribution in [0.4, 0.5) is 5.69 Å². The number of rotatable bonds is 7. The number of aromatic nitrogens is 5. The Hall–Kier alpha value is -3.92. The fraction of sp³-hybridized carbons (Fsp3) is 0.174. The summed E-state index contributed by atoms with van der Waals surface area (Å²) in [4.78, 5) is 24.4. The Bertz CT molecular complexity index is 1300. The molecule has 0 saturated heterocycles. The van der Waals surface area contributed by atoms with Crippen LogP contribution in [0.2, 0.25) is 0 Å². The molecule has 2 aromatic heterocycles. The highest BCUT2D eigenvalue weighted by molar-refractivity contribution is 7.99. The monoisotopic (exact) mass is 462 g/mol. The van der Waals surface area contributed by atoms with Crippen LogP contribution >= 0.6 is 11.8 Å². The number of thioether (sulfide) groups is 1. The quantitative estimate of drug-likeness (QED) is 0.332. The first-order chi connectivity index (χ1) is 16.0. The summed E-state index contributed by atoms with van der Waals surface area (Å²) >= 11 is 1.25. The van der Waals surface area contributed by atoms with Gasteiger partial charge >= 0.3 is 5.97 Å². The standard InChI is InChI=1S/C23H22N6O3S/c1-28-13-17(20(27-28)15-9-5-4-6-10-15)21-25-26-23(29(21)2)33-14-19(30)24-18-12-8-7-11-16(18)22(31)32-3/h4-13H,14H2,1-3H3,(H,24,30). The van der Waals surface area contributed by atoms with E-state index in [9.17, 15) is 9.59 Å². The van der Waals surface area contributed by atoms with E-state index in [1.165, 1.54) is 18.9 Å². The average molecular weight is 463 g/mol. The van der Waals surface area contributed by atoms with E-state index in [0.717, 1.165) is 16.8 Å². The molecule has 168 valence electrons. The number of methoxy groups -OCH3 is 1. The van der Waals surface area contributed by atoms with Crippen LogP contribution in [0, 0.1) is 0 Å². The summed E-state index contributed by atoms with van der Waals surface area (Å²) in [5.74, 6) is -0.0320. The number of amides is 1. The summed E-state index contributed by atoms with van der Waals surface area (Å²) in [7, 11) is 5.01. The van der Waals surface area contributed by atoms with Gasteiger partial charge in [0.25, 0.3) is 0 Å². The van der Waals surface area contributed by atoms with Crippen LogP contribution in [-0.4, -0.2) is 49.3 Å². The maximum Gasteiger partial charge on any atom is 0.339 e. The number of hydrogen-bond acceptors (Lipinski definition) is 7. The van der Waals surface area contributed by atoms with E-state index in [2.05, 4.69) is 20.6 Å².